The quantitative estimate of drug-likeness (QED) is 0.686. The molecule has 0 radical (unpaired) electrons. The Morgan fingerprint density at radius 3 is 2.44 bits per heavy atom. The van der Waals surface area contributed by atoms with E-state index in [-0.39, 0.29) is 0 Å². The molecule has 0 aromatic heterocycles. The van der Waals surface area contributed by atoms with Crippen molar-refractivity contribution in [3.05, 3.63) is 40.0 Å². The number of fused-ring (bicyclic) bond motifs is 1. The summed E-state index contributed by atoms with van der Waals surface area (Å²) in [5, 5.41) is 0. The van der Waals surface area contributed by atoms with Gasteiger partial charge in [0.05, 0.1) is 0 Å². The molecule has 0 unspecified atom stereocenters. The molecule has 86 valence electrons. The Labute approximate surface area is 117 Å². The van der Waals surface area contributed by atoms with Gasteiger partial charge in [-0.1, -0.05) is 36.3 Å². The molecule has 16 heavy (non-hydrogen) atoms. The van der Waals surface area contributed by atoms with Crippen molar-refractivity contribution < 1.29 is 20.8 Å². The molecule has 0 heterocycles. The van der Waals surface area contributed by atoms with E-state index in [2.05, 4.69) is 39.0 Å². The third-order valence-corrected chi connectivity index (χ3v) is 2.74. The first-order valence-corrected chi connectivity index (χ1v) is 11.7. The predicted molar refractivity (Wildman–Crippen MR) is 69.6 cm³/mol. The van der Waals surface area contributed by atoms with Gasteiger partial charge in [0, 0.05) is 0 Å². The van der Waals surface area contributed by atoms with Gasteiger partial charge in [0.15, 0.2) is 0 Å². The molecule has 0 amide bonds. The van der Waals surface area contributed by atoms with E-state index >= 15 is 0 Å². The number of hydrogen-bond acceptors (Lipinski definition) is 0. The van der Waals surface area contributed by atoms with Gasteiger partial charge in [-0.15, -0.1) is 0 Å². The molecule has 0 aliphatic heterocycles. The van der Waals surface area contributed by atoms with Gasteiger partial charge < -0.3 is 0 Å². The molecule has 1 aliphatic carbocycles. The number of hydrogen-bond donors (Lipinski definition) is 0. The molecule has 0 nitrogen and oxygen atoms in total. The summed E-state index contributed by atoms with van der Waals surface area (Å²) in [4.78, 5) is 0. The van der Waals surface area contributed by atoms with Crippen LogP contribution in [0, 0.1) is 6.92 Å². The minimum atomic E-state index is -0.826. The van der Waals surface area contributed by atoms with Crippen molar-refractivity contribution in [3.8, 4) is 0 Å². The zero-order valence-electron chi connectivity index (χ0n) is 9.90. The van der Waals surface area contributed by atoms with Gasteiger partial charge in [0.25, 0.3) is 0 Å². The topological polar surface area (TPSA) is 0 Å². The number of aryl methyl sites for hydroxylation is 2. The van der Waals surface area contributed by atoms with Crippen LogP contribution in [0.5, 0.6) is 0 Å². The zero-order valence-corrected chi connectivity index (χ0v) is 13.9. The van der Waals surface area contributed by atoms with Crippen molar-refractivity contribution in [1.82, 2.24) is 0 Å². The van der Waals surface area contributed by atoms with Crippen LogP contribution in [0.25, 0.3) is 6.08 Å². The van der Waals surface area contributed by atoms with E-state index in [1.54, 1.807) is 0 Å². The second-order valence-electron chi connectivity index (χ2n) is 4.09. The van der Waals surface area contributed by atoms with Crippen molar-refractivity contribution in [1.29, 1.82) is 0 Å². The van der Waals surface area contributed by atoms with E-state index in [9.17, 15) is 0 Å². The normalized spacial score (nSPS) is 12.4. The van der Waals surface area contributed by atoms with E-state index in [1.165, 1.54) is 27.8 Å². The molecule has 1 aliphatic rings. The zero-order chi connectivity index (χ0) is 12.1. The SMILES string of the molecule is CCc1cc(C)cc2c1C=C(C)C2.[Cl][Zr][Cl]. The average Bonchev–Trinajstić information content (AvgIpc) is 2.58. The summed E-state index contributed by atoms with van der Waals surface area (Å²) in [6, 6.07) is 4.63. The molecule has 0 N–H and O–H groups in total. The van der Waals surface area contributed by atoms with Crippen LogP contribution in [-0.2, 0) is 33.7 Å². The predicted octanol–water partition coefficient (Wildman–Crippen LogP) is 4.89. The monoisotopic (exact) mass is 332 g/mol. The fraction of sp³-hybridized carbons (Fsp3) is 0.385. The summed E-state index contributed by atoms with van der Waals surface area (Å²) in [5.74, 6) is 0. The molecule has 0 fully saturated rings. The van der Waals surface area contributed by atoms with Crippen LogP contribution in [0.3, 0.4) is 0 Å². The first-order chi connectivity index (χ1) is 7.62. The Balaban J connectivity index is 0.000000386. The van der Waals surface area contributed by atoms with Crippen molar-refractivity contribution in [3.63, 3.8) is 0 Å². The number of benzene rings is 1. The Bertz CT molecular complexity index is 397. The van der Waals surface area contributed by atoms with Crippen LogP contribution >= 0.6 is 17.0 Å². The molecule has 0 saturated carbocycles. The average molecular weight is 334 g/mol. The maximum atomic E-state index is 4.93. The fourth-order valence-corrected chi connectivity index (χ4v) is 2.18. The minimum absolute atomic E-state index is 0.826. The molecular formula is C13H16Cl2Zr. The van der Waals surface area contributed by atoms with E-state index in [1.807, 2.05) is 0 Å². The molecule has 0 bridgehead atoms. The summed E-state index contributed by atoms with van der Waals surface area (Å²) in [6.07, 6.45) is 4.64. The molecular weight excluding hydrogens is 318 g/mol. The molecule has 0 saturated heterocycles. The van der Waals surface area contributed by atoms with Crippen LogP contribution in [0.4, 0.5) is 0 Å². The van der Waals surface area contributed by atoms with Crippen molar-refractivity contribution in [2.24, 2.45) is 0 Å². The molecule has 1 aromatic carbocycles. The van der Waals surface area contributed by atoms with Gasteiger partial charge in [0.2, 0.25) is 0 Å². The summed E-state index contributed by atoms with van der Waals surface area (Å²) in [6.45, 7) is 6.64. The summed E-state index contributed by atoms with van der Waals surface area (Å²) in [7, 11) is 9.87. The second-order valence-corrected chi connectivity index (χ2v) is 7.82. The summed E-state index contributed by atoms with van der Waals surface area (Å²) >= 11 is -0.826. The van der Waals surface area contributed by atoms with Crippen molar-refractivity contribution in [2.45, 2.75) is 33.6 Å². The Morgan fingerprint density at radius 1 is 1.25 bits per heavy atom. The number of halogens is 2. The molecule has 0 atom stereocenters. The van der Waals surface area contributed by atoms with Gasteiger partial charge in [0.1, 0.15) is 0 Å². The van der Waals surface area contributed by atoms with Gasteiger partial charge >= 0.3 is 37.9 Å². The van der Waals surface area contributed by atoms with Crippen LogP contribution in [0.15, 0.2) is 17.7 Å². The van der Waals surface area contributed by atoms with Gasteiger partial charge in [-0.25, -0.2) is 0 Å². The van der Waals surface area contributed by atoms with Crippen molar-refractivity contribution in [2.75, 3.05) is 0 Å². The Kier molecular flexibility index (Phi) is 6.33. The molecule has 3 heteroatoms. The van der Waals surface area contributed by atoms with Crippen molar-refractivity contribution >= 4 is 23.1 Å². The molecule has 0 spiro atoms. The Morgan fingerprint density at radius 2 is 1.88 bits per heavy atom. The van der Waals surface area contributed by atoms with Crippen LogP contribution in [-0.4, -0.2) is 0 Å². The summed E-state index contributed by atoms with van der Waals surface area (Å²) < 4.78 is 0. The maximum absolute atomic E-state index is 4.93. The first kappa shape index (κ1) is 14.5. The third-order valence-electron chi connectivity index (χ3n) is 2.74. The first-order valence-electron chi connectivity index (χ1n) is 5.38. The van der Waals surface area contributed by atoms with Crippen LogP contribution in [0.2, 0.25) is 0 Å². The number of rotatable bonds is 1. The Hall–Kier alpha value is 0.423. The fourth-order valence-electron chi connectivity index (χ4n) is 2.18. The third kappa shape index (κ3) is 3.72. The standard InChI is InChI=1S/C13H16.2ClH.Zr/c1-4-11-5-9(2)6-12-7-10(3)8-13(11)12;;;/h5-6,8H,4,7H2,1-3H3;2*1H;/q;;;+2/p-2. The van der Waals surface area contributed by atoms with E-state index in [0.29, 0.717) is 0 Å². The van der Waals surface area contributed by atoms with E-state index in [0.717, 1.165) is 12.8 Å². The summed E-state index contributed by atoms with van der Waals surface area (Å²) in [5.41, 5.74) is 7.42. The molecule has 2 rings (SSSR count). The van der Waals surface area contributed by atoms with Gasteiger partial charge in [-0.3, -0.25) is 0 Å². The molecule has 1 aromatic rings. The van der Waals surface area contributed by atoms with E-state index < -0.39 is 20.8 Å². The number of allylic oxidation sites excluding steroid dienone is 1. The van der Waals surface area contributed by atoms with Crippen LogP contribution < -0.4 is 0 Å². The van der Waals surface area contributed by atoms with Gasteiger partial charge in [-0.05, 0) is 43.4 Å². The van der Waals surface area contributed by atoms with Gasteiger partial charge in [-0.2, -0.15) is 0 Å². The second kappa shape index (κ2) is 6.99. The van der Waals surface area contributed by atoms with Crippen LogP contribution in [0.1, 0.15) is 36.1 Å². The van der Waals surface area contributed by atoms with E-state index in [4.69, 9.17) is 17.0 Å².